The maximum absolute atomic E-state index is 12.3. The van der Waals surface area contributed by atoms with Gasteiger partial charge in [-0.25, -0.2) is 0 Å². The zero-order valence-electron chi connectivity index (χ0n) is 17.9. The van der Waals surface area contributed by atoms with Crippen molar-refractivity contribution in [2.45, 2.75) is 18.4 Å². The lowest BCUT2D eigenvalue weighted by atomic mass is 9.74. The number of methoxy groups -OCH3 is 1. The van der Waals surface area contributed by atoms with Crippen molar-refractivity contribution in [1.82, 2.24) is 4.90 Å². The average Bonchev–Trinajstić information content (AvgIpc) is 2.75. The van der Waals surface area contributed by atoms with Gasteiger partial charge in [-0.1, -0.05) is 66.2 Å². The third-order valence-corrected chi connectivity index (χ3v) is 5.79. The van der Waals surface area contributed by atoms with Crippen molar-refractivity contribution in [2.24, 2.45) is 5.92 Å². The largest absolute Gasteiger partial charge is 0.497 e. The van der Waals surface area contributed by atoms with Crippen molar-refractivity contribution in [1.29, 1.82) is 0 Å². The SMILES string of the molecule is COc1cccc([C@](O)(Cc2ccc(Cl)cc2)[C@H](Cc2ccccc2)CN(C)C)c1. The minimum atomic E-state index is -1.08. The van der Waals surface area contributed by atoms with Gasteiger partial charge in [-0.15, -0.1) is 0 Å². The van der Waals surface area contributed by atoms with Crippen molar-refractivity contribution in [3.63, 3.8) is 0 Å². The summed E-state index contributed by atoms with van der Waals surface area (Å²) in [5.74, 6) is 0.711. The fourth-order valence-corrected chi connectivity index (χ4v) is 4.14. The van der Waals surface area contributed by atoms with E-state index in [0.29, 0.717) is 11.4 Å². The summed E-state index contributed by atoms with van der Waals surface area (Å²) in [5.41, 5.74) is 2.03. The molecule has 1 N–H and O–H groups in total. The predicted molar refractivity (Wildman–Crippen MR) is 124 cm³/mol. The highest BCUT2D eigenvalue weighted by Crippen LogP contribution is 2.37. The van der Waals surface area contributed by atoms with E-state index in [-0.39, 0.29) is 5.92 Å². The summed E-state index contributed by atoms with van der Waals surface area (Å²) in [6.45, 7) is 0.746. The number of rotatable bonds is 9. The van der Waals surface area contributed by atoms with Crippen LogP contribution in [0.1, 0.15) is 16.7 Å². The van der Waals surface area contributed by atoms with E-state index in [9.17, 15) is 5.11 Å². The number of nitrogens with zero attached hydrogens (tertiary/aromatic N) is 1. The van der Waals surface area contributed by atoms with Crippen LogP contribution in [-0.4, -0.2) is 37.8 Å². The molecule has 3 aromatic carbocycles. The summed E-state index contributed by atoms with van der Waals surface area (Å²) < 4.78 is 5.46. The van der Waals surface area contributed by atoms with Crippen LogP contribution in [0.25, 0.3) is 0 Å². The van der Waals surface area contributed by atoms with E-state index in [1.807, 2.05) is 80.8 Å². The Labute approximate surface area is 184 Å². The fourth-order valence-electron chi connectivity index (χ4n) is 4.01. The second-order valence-corrected chi connectivity index (χ2v) is 8.54. The molecule has 0 amide bonds. The monoisotopic (exact) mass is 423 g/mol. The van der Waals surface area contributed by atoms with Crippen LogP contribution in [0, 0.1) is 5.92 Å². The Morgan fingerprint density at radius 3 is 2.27 bits per heavy atom. The molecule has 0 fully saturated rings. The summed E-state index contributed by atoms with van der Waals surface area (Å²) in [4.78, 5) is 2.14. The van der Waals surface area contributed by atoms with Gasteiger partial charge in [-0.2, -0.15) is 0 Å². The molecule has 0 unspecified atom stereocenters. The topological polar surface area (TPSA) is 32.7 Å². The van der Waals surface area contributed by atoms with E-state index < -0.39 is 5.60 Å². The Morgan fingerprint density at radius 1 is 0.933 bits per heavy atom. The summed E-state index contributed by atoms with van der Waals surface area (Å²) in [6.07, 6.45) is 1.25. The first-order valence-electron chi connectivity index (χ1n) is 10.2. The van der Waals surface area contributed by atoms with E-state index in [0.717, 1.165) is 29.8 Å². The number of halogens is 1. The van der Waals surface area contributed by atoms with Crippen LogP contribution < -0.4 is 4.74 Å². The Hall–Kier alpha value is -2.33. The highest BCUT2D eigenvalue weighted by Gasteiger charge is 2.39. The maximum atomic E-state index is 12.3. The lowest BCUT2D eigenvalue weighted by Crippen LogP contribution is -2.43. The van der Waals surface area contributed by atoms with Crippen LogP contribution in [-0.2, 0) is 18.4 Å². The van der Waals surface area contributed by atoms with E-state index >= 15 is 0 Å². The molecular weight excluding hydrogens is 394 g/mol. The van der Waals surface area contributed by atoms with Gasteiger partial charge < -0.3 is 14.7 Å². The van der Waals surface area contributed by atoms with Gasteiger partial charge in [-0.05, 0) is 61.5 Å². The van der Waals surface area contributed by atoms with Gasteiger partial charge in [0.1, 0.15) is 5.75 Å². The highest BCUT2D eigenvalue weighted by molar-refractivity contribution is 6.30. The van der Waals surface area contributed by atoms with E-state index in [4.69, 9.17) is 16.3 Å². The number of hydrogen-bond donors (Lipinski definition) is 1. The van der Waals surface area contributed by atoms with Gasteiger partial charge >= 0.3 is 0 Å². The lowest BCUT2D eigenvalue weighted by Gasteiger charge is -2.39. The Bertz CT molecular complexity index is 927. The minimum Gasteiger partial charge on any atom is -0.497 e. The second kappa shape index (κ2) is 10.1. The summed E-state index contributed by atoms with van der Waals surface area (Å²) in [7, 11) is 5.75. The molecule has 0 aliphatic heterocycles. The number of aliphatic hydroxyl groups is 1. The first-order valence-corrected chi connectivity index (χ1v) is 10.6. The lowest BCUT2D eigenvalue weighted by molar-refractivity contribution is -0.0331. The molecule has 0 spiro atoms. The van der Waals surface area contributed by atoms with Crippen molar-refractivity contribution < 1.29 is 9.84 Å². The first-order chi connectivity index (χ1) is 14.4. The molecule has 2 atom stereocenters. The summed E-state index contributed by atoms with van der Waals surface area (Å²) >= 11 is 6.09. The van der Waals surface area contributed by atoms with Crippen LogP contribution in [0.3, 0.4) is 0 Å². The van der Waals surface area contributed by atoms with Gasteiger partial charge in [0.25, 0.3) is 0 Å². The molecule has 158 valence electrons. The standard InChI is InChI=1S/C26H30ClNO2/c1-28(2)19-23(16-20-8-5-4-6-9-20)26(29,18-21-12-14-24(27)15-13-21)22-10-7-11-25(17-22)30-3/h4-15,17,23,29H,16,18-19H2,1-3H3/t23-,26-/m1/s1. The minimum absolute atomic E-state index is 0.0299. The number of ether oxygens (including phenoxy) is 1. The van der Waals surface area contributed by atoms with Crippen molar-refractivity contribution >= 4 is 11.6 Å². The maximum Gasteiger partial charge on any atom is 0.119 e. The molecule has 3 nitrogen and oxygen atoms in total. The quantitative estimate of drug-likeness (QED) is 0.513. The Morgan fingerprint density at radius 2 is 1.63 bits per heavy atom. The van der Waals surface area contributed by atoms with Crippen LogP contribution in [0.15, 0.2) is 78.9 Å². The third-order valence-electron chi connectivity index (χ3n) is 5.54. The van der Waals surface area contributed by atoms with Crippen molar-refractivity contribution in [2.75, 3.05) is 27.7 Å². The summed E-state index contributed by atoms with van der Waals surface area (Å²) in [6, 6.07) is 25.9. The molecule has 3 rings (SSSR count). The van der Waals surface area contributed by atoms with Crippen molar-refractivity contribution in [3.8, 4) is 5.75 Å². The Balaban J connectivity index is 2.06. The Kier molecular flexibility index (Phi) is 7.54. The van der Waals surface area contributed by atoms with Crippen molar-refractivity contribution in [3.05, 3.63) is 101 Å². The van der Waals surface area contributed by atoms with Gasteiger partial charge in [-0.3, -0.25) is 0 Å². The molecule has 0 bridgehead atoms. The van der Waals surface area contributed by atoms with Crippen LogP contribution in [0.4, 0.5) is 0 Å². The zero-order chi connectivity index (χ0) is 21.6. The average molecular weight is 424 g/mol. The molecule has 0 aliphatic rings. The molecule has 0 heterocycles. The number of hydrogen-bond acceptors (Lipinski definition) is 3. The molecule has 0 radical (unpaired) electrons. The van der Waals surface area contributed by atoms with E-state index in [2.05, 4.69) is 17.0 Å². The number of benzene rings is 3. The molecule has 3 aromatic rings. The molecule has 0 saturated carbocycles. The van der Waals surface area contributed by atoms with Gasteiger partial charge in [0.05, 0.1) is 12.7 Å². The highest BCUT2D eigenvalue weighted by atomic mass is 35.5. The molecule has 4 heteroatoms. The molecule has 30 heavy (non-hydrogen) atoms. The second-order valence-electron chi connectivity index (χ2n) is 8.11. The molecular formula is C26H30ClNO2. The molecule has 0 aromatic heterocycles. The molecule has 0 saturated heterocycles. The molecule has 0 aliphatic carbocycles. The summed E-state index contributed by atoms with van der Waals surface area (Å²) in [5, 5.41) is 13.0. The van der Waals surface area contributed by atoms with Crippen LogP contribution in [0.2, 0.25) is 5.02 Å². The zero-order valence-corrected chi connectivity index (χ0v) is 18.6. The fraction of sp³-hybridized carbons (Fsp3) is 0.308. The van der Waals surface area contributed by atoms with Crippen LogP contribution >= 0.6 is 11.6 Å². The predicted octanol–water partition coefficient (Wildman–Crippen LogP) is 5.20. The van der Waals surface area contributed by atoms with Gasteiger partial charge in [0.15, 0.2) is 0 Å². The van der Waals surface area contributed by atoms with Gasteiger partial charge in [0, 0.05) is 23.9 Å². The van der Waals surface area contributed by atoms with Gasteiger partial charge in [0.2, 0.25) is 0 Å². The normalized spacial score (nSPS) is 14.3. The van der Waals surface area contributed by atoms with Crippen LogP contribution in [0.5, 0.6) is 5.75 Å². The van der Waals surface area contributed by atoms with E-state index in [1.54, 1.807) is 7.11 Å². The third kappa shape index (κ3) is 5.63. The van der Waals surface area contributed by atoms with E-state index in [1.165, 1.54) is 5.56 Å². The smallest absolute Gasteiger partial charge is 0.119 e. The first kappa shape index (κ1) is 22.4.